The van der Waals surface area contributed by atoms with Crippen molar-refractivity contribution in [1.82, 2.24) is 5.32 Å². The SMILES string of the molecule is COC(=O)C[C@H](C)[C@H](NC(=O)c1cccc2ccccc12)C(=O)OC. The fourth-order valence-corrected chi connectivity index (χ4v) is 2.67. The van der Waals surface area contributed by atoms with Gasteiger partial charge in [0, 0.05) is 5.56 Å². The molecule has 0 saturated heterocycles. The standard InChI is InChI=1S/C19H21NO5/c1-12(11-16(21)24-2)17(19(23)25-3)20-18(22)15-10-6-8-13-7-4-5-9-14(13)15/h4-10,12,17H,11H2,1-3H3,(H,20,22)/t12-,17-/m0/s1. The lowest BCUT2D eigenvalue weighted by Gasteiger charge is -2.22. The number of nitrogens with one attached hydrogen (secondary N) is 1. The Morgan fingerprint density at radius 3 is 2.36 bits per heavy atom. The number of rotatable bonds is 6. The minimum absolute atomic E-state index is 0.00785. The Labute approximate surface area is 146 Å². The summed E-state index contributed by atoms with van der Waals surface area (Å²) in [4.78, 5) is 36.3. The van der Waals surface area contributed by atoms with Crippen LogP contribution in [0.5, 0.6) is 0 Å². The highest BCUT2D eigenvalue weighted by atomic mass is 16.5. The normalized spacial score (nSPS) is 12.9. The Morgan fingerprint density at radius 1 is 1.00 bits per heavy atom. The molecule has 2 aromatic carbocycles. The fourth-order valence-electron chi connectivity index (χ4n) is 2.67. The van der Waals surface area contributed by atoms with Crippen LogP contribution in [0, 0.1) is 5.92 Å². The molecule has 2 rings (SSSR count). The number of carbonyl (C=O) groups excluding carboxylic acids is 3. The maximum Gasteiger partial charge on any atom is 0.328 e. The average molecular weight is 343 g/mol. The molecule has 0 aromatic heterocycles. The van der Waals surface area contributed by atoms with Crippen molar-refractivity contribution in [3.63, 3.8) is 0 Å². The first-order valence-corrected chi connectivity index (χ1v) is 7.91. The summed E-state index contributed by atoms with van der Waals surface area (Å²) in [6, 6.07) is 11.9. The van der Waals surface area contributed by atoms with Gasteiger partial charge in [-0.2, -0.15) is 0 Å². The van der Waals surface area contributed by atoms with E-state index in [0.717, 1.165) is 10.8 Å². The van der Waals surface area contributed by atoms with E-state index in [1.54, 1.807) is 19.1 Å². The Balaban J connectivity index is 2.26. The van der Waals surface area contributed by atoms with Gasteiger partial charge in [-0.3, -0.25) is 9.59 Å². The molecular weight excluding hydrogens is 322 g/mol. The van der Waals surface area contributed by atoms with E-state index in [9.17, 15) is 14.4 Å². The molecule has 2 aromatic rings. The molecule has 0 saturated carbocycles. The van der Waals surface area contributed by atoms with Crippen molar-refractivity contribution in [1.29, 1.82) is 0 Å². The van der Waals surface area contributed by atoms with Gasteiger partial charge < -0.3 is 14.8 Å². The second-order valence-corrected chi connectivity index (χ2v) is 5.76. The predicted octanol–water partition coefficient (Wildman–Crippen LogP) is 2.31. The number of methoxy groups -OCH3 is 2. The Hall–Kier alpha value is -2.89. The third kappa shape index (κ3) is 4.35. The number of fused-ring (bicyclic) bond motifs is 1. The van der Waals surface area contributed by atoms with Gasteiger partial charge in [0.1, 0.15) is 6.04 Å². The molecule has 132 valence electrons. The third-order valence-corrected chi connectivity index (χ3v) is 4.06. The number of benzene rings is 2. The van der Waals surface area contributed by atoms with Crippen molar-refractivity contribution in [3.05, 3.63) is 48.0 Å². The van der Waals surface area contributed by atoms with Gasteiger partial charge in [0.2, 0.25) is 0 Å². The quantitative estimate of drug-likeness (QED) is 0.814. The van der Waals surface area contributed by atoms with Gasteiger partial charge in [0.15, 0.2) is 0 Å². The number of esters is 2. The molecule has 6 nitrogen and oxygen atoms in total. The number of hydrogen-bond acceptors (Lipinski definition) is 5. The second-order valence-electron chi connectivity index (χ2n) is 5.76. The topological polar surface area (TPSA) is 81.7 Å². The molecular formula is C19H21NO5. The van der Waals surface area contributed by atoms with Gasteiger partial charge in [-0.15, -0.1) is 0 Å². The van der Waals surface area contributed by atoms with Crippen LogP contribution in [0.3, 0.4) is 0 Å². The number of ether oxygens (including phenoxy) is 2. The maximum absolute atomic E-state index is 12.7. The number of hydrogen-bond donors (Lipinski definition) is 1. The number of amides is 1. The van der Waals surface area contributed by atoms with Crippen LogP contribution >= 0.6 is 0 Å². The van der Waals surface area contributed by atoms with Crippen LogP contribution in [0.1, 0.15) is 23.7 Å². The monoisotopic (exact) mass is 343 g/mol. The molecule has 1 N–H and O–H groups in total. The molecule has 0 fully saturated rings. The van der Waals surface area contributed by atoms with Crippen LogP contribution in [0.2, 0.25) is 0 Å². The first kappa shape index (κ1) is 18.4. The van der Waals surface area contributed by atoms with E-state index in [2.05, 4.69) is 10.1 Å². The van der Waals surface area contributed by atoms with Crippen LogP contribution in [-0.4, -0.2) is 38.1 Å². The van der Waals surface area contributed by atoms with Crippen molar-refractivity contribution in [2.24, 2.45) is 5.92 Å². The third-order valence-electron chi connectivity index (χ3n) is 4.06. The van der Waals surface area contributed by atoms with E-state index in [4.69, 9.17) is 4.74 Å². The molecule has 1 amide bonds. The van der Waals surface area contributed by atoms with E-state index in [1.165, 1.54) is 14.2 Å². The van der Waals surface area contributed by atoms with Crippen LogP contribution in [0.4, 0.5) is 0 Å². The lowest BCUT2D eigenvalue weighted by Crippen LogP contribution is -2.46. The van der Waals surface area contributed by atoms with Gasteiger partial charge >= 0.3 is 11.9 Å². The lowest BCUT2D eigenvalue weighted by atomic mass is 9.97. The highest BCUT2D eigenvalue weighted by Gasteiger charge is 2.30. The maximum atomic E-state index is 12.7. The van der Waals surface area contributed by atoms with Crippen molar-refractivity contribution in [2.45, 2.75) is 19.4 Å². The Morgan fingerprint density at radius 2 is 1.68 bits per heavy atom. The summed E-state index contributed by atoms with van der Waals surface area (Å²) in [5.41, 5.74) is 0.456. The fraction of sp³-hybridized carbons (Fsp3) is 0.316. The van der Waals surface area contributed by atoms with E-state index in [1.807, 2.05) is 30.3 Å². The largest absolute Gasteiger partial charge is 0.469 e. The zero-order chi connectivity index (χ0) is 18.4. The van der Waals surface area contributed by atoms with E-state index < -0.39 is 29.8 Å². The number of carbonyl (C=O) groups is 3. The van der Waals surface area contributed by atoms with E-state index in [0.29, 0.717) is 5.56 Å². The van der Waals surface area contributed by atoms with Crippen LogP contribution in [-0.2, 0) is 19.1 Å². The summed E-state index contributed by atoms with van der Waals surface area (Å²) in [6.07, 6.45) is -0.00785. The zero-order valence-corrected chi connectivity index (χ0v) is 14.4. The molecule has 0 spiro atoms. The van der Waals surface area contributed by atoms with Crippen molar-refractivity contribution in [2.75, 3.05) is 14.2 Å². The molecule has 0 unspecified atom stereocenters. The summed E-state index contributed by atoms with van der Waals surface area (Å²) in [6.45, 7) is 1.68. The van der Waals surface area contributed by atoms with Crippen LogP contribution in [0.15, 0.2) is 42.5 Å². The summed E-state index contributed by atoms with van der Waals surface area (Å²) in [5, 5.41) is 4.39. The minimum atomic E-state index is -0.949. The van der Waals surface area contributed by atoms with Crippen molar-refractivity contribution in [3.8, 4) is 0 Å². The first-order valence-electron chi connectivity index (χ1n) is 7.91. The highest BCUT2D eigenvalue weighted by Crippen LogP contribution is 2.19. The molecule has 25 heavy (non-hydrogen) atoms. The molecule has 0 aliphatic rings. The van der Waals surface area contributed by atoms with E-state index >= 15 is 0 Å². The summed E-state index contributed by atoms with van der Waals surface area (Å²) >= 11 is 0. The molecule has 0 heterocycles. The average Bonchev–Trinajstić information content (AvgIpc) is 2.64. The highest BCUT2D eigenvalue weighted by molar-refractivity contribution is 6.08. The van der Waals surface area contributed by atoms with Gasteiger partial charge in [-0.25, -0.2) is 4.79 Å². The Kier molecular flexibility index (Phi) is 6.11. The molecule has 0 aliphatic heterocycles. The lowest BCUT2D eigenvalue weighted by molar-refractivity contribution is -0.146. The van der Waals surface area contributed by atoms with Crippen LogP contribution < -0.4 is 5.32 Å². The molecule has 0 aliphatic carbocycles. The summed E-state index contributed by atoms with van der Waals surface area (Å²) < 4.78 is 9.40. The smallest absolute Gasteiger partial charge is 0.328 e. The van der Waals surface area contributed by atoms with Crippen molar-refractivity contribution < 1.29 is 23.9 Å². The molecule has 0 bridgehead atoms. The van der Waals surface area contributed by atoms with E-state index in [-0.39, 0.29) is 6.42 Å². The molecule has 2 atom stereocenters. The van der Waals surface area contributed by atoms with Gasteiger partial charge in [0.05, 0.1) is 20.6 Å². The van der Waals surface area contributed by atoms with Gasteiger partial charge in [-0.05, 0) is 22.8 Å². The summed E-state index contributed by atoms with van der Waals surface area (Å²) in [7, 11) is 2.52. The zero-order valence-electron chi connectivity index (χ0n) is 14.4. The van der Waals surface area contributed by atoms with Crippen LogP contribution in [0.25, 0.3) is 10.8 Å². The predicted molar refractivity (Wildman–Crippen MR) is 93.0 cm³/mol. The first-order chi connectivity index (χ1) is 12.0. The minimum Gasteiger partial charge on any atom is -0.469 e. The summed E-state index contributed by atoms with van der Waals surface area (Å²) in [5.74, 6) is -1.94. The second kappa shape index (κ2) is 8.28. The van der Waals surface area contributed by atoms with Gasteiger partial charge in [0.25, 0.3) is 5.91 Å². The Bertz CT molecular complexity index is 781. The molecule has 0 radical (unpaired) electrons. The van der Waals surface area contributed by atoms with Crippen molar-refractivity contribution >= 4 is 28.6 Å². The van der Waals surface area contributed by atoms with Gasteiger partial charge in [-0.1, -0.05) is 43.3 Å². The molecule has 6 heteroatoms.